The Morgan fingerprint density at radius 2 is 2.47 bits per heavy atom. The molecule has 1 aliphatic carbocycles. The van der Waals surface area contributed by atoms with Crippen LogP contribution in [0.15, 0.2) is 4.99 Å². The van der Waals surface area contributed by atoms with Crippen LogP contribution in [-0.4, -0.2) is 13.0 Å². The molecule has 0 spiro atoms. The van der Waals surface area contributed by atoms with E-state index < -0.39 is 0 Å². The average Bonchev–Trinajstić information content (AvgIpc) is 2.66. The zero-order chi connectivity index (χ0) is 12.3. The lowest BCUT2D eigenvalue weighted by atomic mass is 9.89. The van der Waals surface area contributed by atoms with Crippen molar-refractivity contribution in [1.82, 2.24) is 0 Å². The van der Waals surface area contributed by atoms with Crippen LogP contribution in [0.5, 0.6) is 0 Å². The molecule has 1 heterocycles. The molecule has 0 saturated carbocycles. The van der Waals surface area contributed by atoms with Crippen LogP contribution in [0.3, 0.4) is 0 Å². The van der Waals surface area contributed by atoms with E-state index in [9.17, 15) is 5.26 Å². The highest BCUT2D eigenvalue weighted by molar-refractivity contribution is 7.16. The van der Waals surface area contributed by atoms with Crippen LogP contribution in [0.4, 0.5) is 5.00 Å². The van der Waals surface area contributed by atoms with Gasteiger partial charge in [0.2, 0.25) is 0 Å². The van der Waals surface area contributed by atoms with E-state index in [1.165, 1.54) is 23.3 Å². The summed E-state index contributed by atoms with van der Waals surface area (Å²) in [5.41, 5.74) is 1.98. The third kappa shape index (κ3) is 2.50. The predicted octanol–water partition coefficient (Wildman–Crippen LogP) is 3.44. The van der Waals surface area contributed by atoms with Crippen LogP contribution in [0.1, 0.15) is 36.3 Å². The molecule has 0 fully saturated rings. The maximum Gasteiger partial charge on any atom is 0.175 e. The maximum atomic E-state index is 9.23. The number of nitrogens with zero attached hydrogens (tertiary/aromatic N) is 2. The molecular weight excluding hydrogens is 232 g/mol. The molecule has 1 aliphatic rings. The molecule has 0 bridgehead atoms. The molecule has 0 aliphatic heterocycles. The second-order valence-corrected chi connectivity index (χ2v) is 5.42. The summed E-state index contributed by atoms with van der Waals surface area (Å²) >= 11 is 1.64. The van der Waals surface area contributed by atoms with Gasteiger partial charge in [0, 0.05) is 4.88 Å². The number of ether oxygens (including phenoxy) is 1. The normalized spacial score (nSPS) is 19.0. The fourth-order valence-electron chi connectivity index (χ4n) is 2.10. The second-order valence-electron chi connectivity index (χ2n) is 4.33. The Balaban J connectivity index is 2.31. The highest BCUT2D eigenvalue weighted by Crippen LogP contribution is 2.40. The van der Waals surface area contributed by atoms with Gasteiger partial charge in [0.1, 0.15) is 11.1 Å². The van der Waals surface area contributed by atoms with E-state index in [0.717, 1.165) is 29.3 Å². The number of thiophene rings is 1. The molecule has 0 N–H and O–H groups in total. The van der Waals surface area contributed by atoms with Crippen molar-refractivity contribution in [3.05, 3.63) is 16.0 Å². The van der Waals surface area contributed by atoms with E-state index >= 15 is 0 Å². The first kappa shape index (κ1) is 12.1. The van der Waals surface area contributed by atoms with Crippen LogP contribution in [0.25, 0.3) is 0 Å². The van der Waals surface area contributed by atoms with Gasteiger partial charge in [-0.25, -0.2) is 4.99 Å². The number of rotatable bonds is 3. The Hall–Kier alpha value is -1.34. The summed E-state index contributed by atoms with van der Waals surface area (Å²) in [5.74, 6) is 0.719. The van der Waals surface area contributed by atoms with E-state index in [2.05, 4.69) is 18.0 Å². The van der Waals surface area contributed by atoms with Gasteiger partial charge in [-0.1, -0.05) is 6.92 Å². The maximum absolute atomic E-state index is 9.23. The molecule has 1 atom stereocenters. The molecule has 1 aromatic heterocycles. The standard InChI is InChI=1S/C13H16N2OS/c1-3-16-8-15-13-11(7-14)10-5-4-9(2)6-12(10)17-13/h8-9H,3-6H2,1-2H3/b15-8+. The summed E-state index contributed by atoms with van der Waals surface area (Å²) in [6, 6.07) is 2.29. The molecule has 0 aromatic carbocycles. The van der Waals surface area contributed by atoms with Gasteiger partial charge in [-0.2, -0.15) is 5.26 Å². The smallest absolute Gasteiger partial charge is 0.175 e. The fourth-order valence-corrected chi connectivity index (χ4v) is 3.40. The molecule has 2 rings (SSSR count). The third-order valence-corrected chi connectivity index (χ3v) is 4.18. The number of hydrogen-bond acceptors (Lipinski definition) is 4. The van der Waals surface area contributed by atoms with Crippen LogP contribution < -0.4 is 0 Å². The molecule has 1 aromatic rings. The highest BCUT2D eigenvalue weighted by atomic mass is 32.1. The fraction of sp³-hybridized carbons (Fsp3) is 0.538. The van der Waals surface area contributed by atoms with Gasteiger partial charge in [0.25, 0.3) is 0 Å². The minimum Gasteiger partial charge on any atom is -0.483 e. The Morgan fingerprint density at radius 1 is 1.65 bits per heavy atom. The Bertz CT molecular complexity index is 470. The van der Waals surface area contributed by atoms with Gasteiger partial charge >= 0.3 is 0 Å². The molecule has 0 saturated heterocycles. The quantitative estimate of drug-likeness (QED) is 0.607. The summed E-state index contributed by atoms with van der Waals surface area (Å²) in [6.45, 7) is 4.78. The summed E-state index contributed by atoms with van der Waals surface area (Å²) in [7, 11) is 0. The minimum atomic E-state index is 0.605. The minimum absolute atomic E-state index is 0.605. The van der Waals surface area contributed by atoms with Crippen molar-refractivity contribution in [1.29, 1.82) is 5.26 Å². The molecule has 0 radical (unpaired) electrons. The molecule has 17 heavy (non-hydrogen) atoms. The topological polar surface area (TPSA) is 45.4 Å². The lowest BCUT2D eigenvalue weighted by Gasteiger charge is -2.17. The van der Waals surface area contributed by atoms with Crippen molar-refractivity contribution in [2.75, 3.05) is 6.61 Å². The van der Waals surface area contributed by atoms with Gasteiger partial charge in [0.05, 0.1) is 12.2 Å². The Morgan fingerprint density at radius 3 is 3.18 bits per heavy atom. The molecule has 90 valence electrons. The molecule has 3 nitrogen and oxygen atoms in total. The summed E-state index contributed by atoms with van der Waals surface area (Å²) in [4.78, 5) is 5.58. The average molecular weight is 248 g/mol. The number of aliphatic imine (C=N–C) groups is 1. The van der Waals surface area contributed by atoms with Crippen molar-refractivity contribution in [2.24, 2.45) is 10.9 Å². The Kier molecular flexibility index (Phi) is 3.80. The van der Waals surface area contributed by atoms with Gasteiger partial charge in [0.15, 0.2) is 6.40 Å². The second kappa shape index (κ2) is 5.33. The highest BCUT2D eigenvalue weighted by Gasteiger charge is 2.23. The first-order valence-corrected chi connectivity index (χ1v) is 6.76. The largest absolute Gasteiger partial charge is 0.483 e. The lowest BCUT2D eigenvalue weighted by Crippen LogP contribution is -2.09. The van der Waals surface area contributed by atoms with Crippen LogP contribution in [-0.2, 0) is 17.6 Å². The van der Waals surface area contributed by atoms with Gasteiger partial charge < -0.3 is 4.74 Å². The molecule has 1 unspecified atom stereocenters. The van der Waals surface area contributed by atoms with E-state index in [-0.39, 0.29) is 0 Å². The van der Waals surface area contributed by atoms with Crippen molar-refractivity contribution in [3.8, 4) is 6.07 Å². The monoisotopic (exact) mass is 248 g/mol. The number of fused-ring (bicyclic) bond motifs is 1. The van der Waals surface area contributed by atoms with Crippen LogP contribution in [0, 0.1) is 17.2 Å². The summed E-state index contributed by atoms with van der Waals surface area (Å²) in [6.07, 6.45) is 4.72. The molecule has 0 amide bonds. The van der Waals surface area contributed by atoms with Crippen LogP contribution >= 0.6 is 11.3 Å². The van der Waals surface area contributed by atoms with Crippen molar-refractivity contribution in [3.63, 3.8) is 0 Å². The predicted molar refractivity (Wildman–Crippen MR) is 70.0 cm³/mol. The van der Waals surface area contributed by atoms with Gasteiger partial charge in [-0.15, -0.1) is 11.3 Å². The molecule has 4 heteroatoms. The lowest BCUT2D eigenvalue weighted by molar-refractivity contribution is 0.344. The van der Waals surface area contributed by atoms with Gasteiger partial charge in [-0.05, 0) is 37.7 Å². The van der Waals surface area contributed by atoms with Crippen molar-refractivity contribution in [2.45, 2.75) is 33.1 Å². The van der Waals surface area contributed by atoms with Gasteiger partial charge in [-0.3, -0.25) is 0 Å². The number of hydrogen-bond donors (Lipinski definition) is 0. The SMILES string of the molecule is CCO/C=N/c1sc2c(c1C#N)CCC(C)C2. The van der Waals surface area contributed by atoms with Crippen molar-refractivity contribution >= 4 is 22.7 Å². The Labute approximate surface area is 106 Å². The first-order valence-electron chi connectivity index (χ1n) is 5.95. The van der Waals surface area contributed by atoms with E-state index in [4.69, 9.17) is 4.74 Å². The zero-order valence-electron chi connectivity index (χ0n) is 10.2. The zero-order valence-corrected chi connectivity index (χ0v) is 11.0. The molecular formula is C13H16N2OS. The van der Waals surface area contributed by atoms with E-state index in [1.807, 2.05) is 6.92 Å². The first-order chi connectivity index (χ1) is 8.26. The third-order valence-electron chi connectivity index (χ3n) is 3.02. The van der Waals surface area contributed by atoms with E-state index in [0.29, 0.717) is 6.61 Å². The summed E-state index contributed by atoms with van der Waals surface area (Å²) in [5, 5.41) is 10.0. The number of nitriles is 1. The van der Waals surface area contributed by atoms with Crippen molar-refractivity contribution < 1.29 is 4.74 Å². The van der Waals surface area contributed by atoms with E-state index in [1.54, 1.807) is 11.3 Å². The summed E-state index contributed by atoms with van der Waals surface area (Å²) < 4.78 is 5.10. The van der Waals surface area contributed by atoms with Crippen LogP contribution in [0.2, 0.25) is 0 Å².